The molecule has 0 amide bonds. The maximum Gasteiger partial charge on any atom is 0.229 e. The second-order valence-electron chi connectivity index (χ2n) is 4.37. The fourth-order valence-corrected chi connectivity index (χ4v) is 2.14. The molecule has 0 atom stereocenters. The summed E-state index contributed by atoms with van der Waals surface area (Å²) in [5.41, 5.74) is 1.68. The van der Waals surface area contributed by atoms with E-state index in [1.165, 1.54) is 12.1 Å². The van der Waals surface area contributed by atoms with Crippen molar-refractivity contribution in [1.82, 2.24) is 14.8 Å². The van der Waals surface area contributed by atoms with Gasteiger partial charge in [-0.05, 0) is 49.1 Å². The molecule has 0 N–H and O–H groups in total. The second kappa shape index (κ2) is 3.81. The lowest BCUT2D eigenvalue weighted by Crippen LogP contribution is -2.03. The summed E-state index contributed by atoms with van der Waals surface area (Å²) >= 11 is 6.04. The van der Waals surface area contributed by atoms with Crippen LogP contribution in [0, 0.1) is 12.7 Å². The van der Waals surface area contributed by atoms with E-state index in [1.54, 1.807) is 10.6 Å². The minimum atomic E-state index is -0.280. The Labute approximate surface area is 103 Å². The fourth-order valence-electron chi connectivity index (χ4n) is 1.93. The third kappa shape index (κ3) is 1.82. The molecule has 0 spiro atoms. The number of halogens is 2. The third-order valence-electron chi connectivity index (χ3n) is 3.00. The summed E-state index contributed by atoms with van der Waals surface area (Å²) in [7, 11) is 0. The van der Waals surface area contributed by atoms with Gasteiger partial charge in [-0.15, -0.1) is 10.2 Å². The van der Waals surface area contributed by atoms with Gasteiger partial charge in [-0.2, -0.15) is 0 Å². The van der Waals surface area contributed by atoms with E-state index in [9.17, 15) is 4.39 Å². The summed E-state index contributed by atoms with van der Waals surface area (Å²) in [6.07, 6.45) is 2.20. The molecule has 2 aromatic rings. The van der Waals surface area contributed by atoms with E-state index in [-0.39, 0.29) is 5.82 Å². The molecule has 1 aliphatic carbocycles. The van der Waals surface area contributed by atoms with Crippen molar-refractivity contribution in [3.05, 3.63) is 40.7 Å². The van der Waals surface area contributed by atoms with Crippen LogP contribution in [0.2, 0.25) is 5.28 Å². The molecule has 17 heavy (non-hydrogen) atoms. The highest BCUT2D eigenvalue weighted by atomic mass is 35.5. The van der Waals surface area contributed by atoms with Crippen molar-refractivity contribution in [1.29, 1.82) is 0 Å². The van der Waals surface area contributed by atoms with Gasteiger partial charge < -0.3 is 0 Å². The number of benzene rings is 1. The minimum absolute atomic E-state index is 0.280. The van der Waals surface area contributed by atoms with Gasteiger partial charge in [0, 0.05) is 5.92 Å². The molecule has 3 rings (SSSR count). The normalized spacial score (nSPS) is 15.2. The summed E-state index contributed by atoms with van der Waals surface area (Å²) in [4.78, 5) is 0. The van der Waals surface area contributed by atoms with Gasteiger partial charge in [-0.25, -0.2) is 4.39 Å². The molecule has 0 bridgehead atoms. The standard InChI is InChI=1S/C12H11ClFN3/c1-7-2-5-9(14)6-10(7)17-11(8-3-4-8)15-16-12(17)13/h2,5-6,8H,3-4H2,1H3. The van der Waals surface area contributed by atoms with Crippen LogP contribution in [0.4, 0.5) is 4.39 Å². The molecule has 0 unspecified atom stereocenters. The van der Waals surface area contributed by atoms with E-state index in [2.05, 4.69) is 10.2 Å². The van der Waals surface area contributed by atoms with Crippen LogP contribution in [-0.4, -0.2) is 14.8 Å². The molecule has 1 saturated carbocycles. The Balaban J connectivity index is 2.19. The Morgan fingerprint density at radius 1 is 1.35 bits per heavy atom. The molecule has 1 fully saturated rings. The zero-order chi connectivity index (χ0) is 12.0. The molecule has 1 aromatic heterocycles. The first kappa shape index (κ1) is 10.7. The smallest absolute Gasteiger partial charge is 0.229 e. The van der Waals surface area contributed by atoms with Gasteiger partial charge in [-0.1, -0.05) is 6.07 Å². The first-order valence-electron chi connectivity index (χ1n) is 5.54. The molecule has 1 aliphatic rings. The van der Waals surface area contributed by atoms with Gasteiger partial charge in [0.25, 0.3) is 0 Å². The van der Waals surface area contributed by atoms with Crippen LogP contribution in [-0.2, 0) is 0 Å². The summed E-state index contributed by atoms with van der Waals surface area (Å²) in [5.74, 6) is 0.971. The summed E-state index contributed by atoms with van der Waals surface area (Å²) in [6, 6.07) is 4.64. The van der Waals surface area contributed by atoms with E-state index in [0.29, 0.717) is 11.2 Å². The predicted molar refractivity (Wildman–Crippen MR) is 63.0 cm³/mol. The van der Waals surface area contributed by atoms with Crippen molar-refractivity contribution in [2.24, 2.45) is 0 Å². The number of rotatable bonds is 2. The number of hydrogen-bond acceptors (Lipinski definition) is 2. The van der Waals surface area contributed by atoms with Gasteiger partial charge in [0.15, 0.2) is 0 Å². The molecule has 0 aliphatic heterocycles. The second-order valence-corrected chi connectivity index (χ2v) is 4.71. The highest BCUT2D eigenvalue weighted by molar-refractivity contribution is 6.28. The molecule has 5 heteroatoms. The van der Waals surface area contributed by atoms with Crippen LogP contribution < -0.4 is 0 Å². The molecule has 1 aromatic carbocycles. The van der Waals surface area contributed by atoms with Gasteiger partial charge in [-0.3, -0.25) is 4.57 Å². The van der Waals surface area contributed by atoms with Crippen molar-refractivity contribution in [2.75, 3.05) is 0 Å². The zero-order valence-corrected chi connectivity index (χ0v) is 10.1. The molecular formula is C12H11ClFN3. The van der Waals surface area contributed by atoms with Crippen LogP contribution in [0.15, 0.2) is 18.2 Å². The van der Waals surface area contributed by atoms with Crippen molar-refractivity contribution in [3.63, 3.8) is 0 Å². The maximum atomic E-state index is 13.3. The van der Waals surface area contributed by atoms with Gasteiger partial charge in [0.2, 0.25) is 5.28 Å². The fraction of sp³-hybridized carbons (Fsp3) is 0.333. The highest BCUT2D eigenvalue weighted by Gasteiger charge is 2.31. The first-order valence-corrected chi connectivity index (χ1v) is 5.92. The van der Waals surface area contributed by atoms with Gasteiger partial charge in [0.1, 0.15) is 11.6 Å². The number of nitrogens with zero attached hydrogens (tertiary/aromatic N) is 3. The van der Waals surface area contributed by atoms with Crippen LogP contribution >= 0.6 is 11.6 Å². The summed E-state index contributed by atoms with van der Waals surface area (Å²) < 4.78 is 15.1. The van der Waals surface area contributed by atoms with Crippen molar-refractivity contribution < 1.29 is 4.39 Å². The summed E-state index contributed by atoms with van der Waals surface area (Å²) in [6.45, 7) is 1.92. The summed E-state index contributed by atoms with van der Waals surface area (Å²) in [5, 5.41) is 8.26. The molecule has 0 saturated heterocycles. The topological polar surface area (TPSA) is 30.7 Å². The Bertz CT molecular complexity index is 575. The number of aromatic nitrogens is 3. The van der Waals surface area contributed by atoms with Crippen LogP contribution in [0.25, 0.3) is 5.69 Å². The molecule has 1 heterocycles. The average molecular weight is 252 g/mol. The van der Waals surface area contributed by atoms with E-state index in [4.69, 9.17) is 11.6 Å². The lowest BCUT2D eigenvalue weighted by atomic mass is 10.2. The largest absolute Gasteiger partial charge is 0.269 e. The predicted octanol–water partition coefficient (Wildman–Crippen LogP) is 3.25. The Morgan fingerprint density at radius 2 is 2.12 bits per heavy atom. The Morgan fingerprint density at radius 3 is 2.82 bits per heavy atom. The number of aryl methyl sites for hydroxylation is 1. The van der Waals surface area contributed by atoms with Crippen molar-refractivity contribution in [3.8, 4) is 5.69 Å². The van der Waals surface area contributed by atoms with Gasteiger partial charge in [0.05, 0.1) is 5.69 Å². The molecule has 88 valence electrons. The highest BCUT2D eigenvalue weighted by Crippen LogP contribution is 2.40. The minimum Gasteiger partial charge on any atom is -0.269 e. The first-order chi connectivity index (χ1) is 8.16. The maximum absolute atomic E-state index is 13.3. The monoisotopic (exact) mass is 251 g/mol. The van der Waals surface area contributed by atoms with Crippen molar-refractivity contribution in [2.45, 2.75) is 25.7 Å². The van der Waals surface area contributed by atoms with Crippen LogP contribution in [0.1, 0.15) is 30.1 Å². The van der Waals surface area contributed by atoms with Crippen LogP contribution in [0.3, 0.4) is 0 Å². The van der Waals surface area contributed by atoms with Gasteiger partial charge >= 0.3 is 0 Å². The van der Waals surface area contributed by atoms with E-state index in [0.717, 1.165) is 29.9 Å². The van der Waals surface area contributed by atoms with Crippen LogP contribution in [0.5, 0.6) is 0 Å². The Kier molecular flexibility index (Phi) is 2.40. The molecular weight excluding hydrogens is 241 g/mol. The lowest BCUT2D eigenvalue weighted by Gasteiger charge is -2.10. The SMILES string of the molecule is Cc1ccc(F)cc1-n1c(Cl)nnc1C1CC1. The molecule has 3 nitrogen and oxygen atoms in total. The third-order valence-corrected chi connectivity index (χ3v) is 3.25. The Hall–Kier alpha value is -1.42. The van der Waals surface area contributed by atoms with E-state index < -0.39 is 0 Å². The molecule has 0 radical (unpaired) electrons. The van der Waals surface area contributed by atoms with Crippen molar-refractivity contribution >= 4 is 11.6 Å². The van der Waals surface area contributed by atoms with E-state index >= 15 is 0 Å². The number of hydrogen-bond donors (Lipinski definition) is 0. The lowest BCUT2D eigenvalue weighted by molar-refractivity contribution is 0.625. The average Bonchev–Trinajstić information content (AvgIpc) is 3.07. The van der Waals surface area contributed by atoms with E-state index in [1.807, 2.05) is 6.92 Å². The quantitative estimate of drug-likeness (QED) is 0.820. The zero-order valence-electron chi connectivity index (χ0n) is 9.32.